The van der Waals surface area contributed by atoms with Crippen LogP contribution in [-0.2, 0) is 4.79 Å². The monoisotopic (exact) mass is 373 g/mol. The number of likely N-dealkylation sites (tertiary alicyclic amines) is 1. The van der Waals surface area contributed by atoms with Crippen LogP contribution in [0.15, 0.2) is 53.0 Å². The SMILES string of the molecule is Cc1cccc(C(c2ccccc2Br)N2CCCC2C(=O)O)c1. The van der Waals surface area contributed by atoms with Gasteiger partial charge >= 0.3 is 5.97 Å². The molecule has 1 N–H and O–H groups in total. The van der Waals surface area contributed by atoms with Gasteiger partial charge in [-0.3, -0.25) is 9.69 Å². The summed E-state index contributed by atoms with van der Waals surface area (Å²) in [6.07, 6.45) is 1.63. The molecule has 1 aliphatic heterocycles. The first kappa shape index (κ1) is 16.2. The minimum atomic E-state index is -0.729. The van der Waals surface area contributed by atoms with Crippen LogP contribution in [0.5, 0.6) is 0 Å². The Kier molecular flexibility index (Phi) is 4.83. The summed E-state index contributed by atoms with van der Waals surface area (Å²) >= 11 is 3.64. The van der Waals surface area contributed by atoms with Crippen molar-refractivity contribution in [2.45, 2.75) is 31.8 Å². The molecule has 0 radical (unpaired) electrons. The fourth-order valence-corrected chi connectivity index (χ4v) is 3.95. The third-order valence-electron chi connectivity index (χ3n) is 4.47. The van der Waals surface area contributed by atoms with E-state index in [9.17, 15) is 9.90 Å². The highest BCUT2D eigenvalue weighted by atomic mass is 79.9. The molecule has 1 saturated heterocycles. The Morgan fingerprint density at radius 3 is 2.74 bits per heavy atom. The Balaban J connectivity index is 2.11. The van der Waals surface area contributed by atoms with E-state index in [0.717, 1.165) is 28.6 Å². The largest absolute Gasteiger partial charge is 0.480 e. The van der Waals surface area contributed by atoms with Crippen LogP contribution in [0.3, 0.4) is 0 Å². The van der Waals surface area contributed by atoms with Crippen LogP contribution in [0.2, 0.25) is 0 Å². The standard InChI is InChI=1S/C19H20BrNO2/c1-13-6-4-7-14(12-13)18(15-8-2-3-9-16(15)20)21-11-5-10-17(21)19(22)23/h2-4,6-9,12,17-18H,5,10-11H2,1H3,(H,22,23). The molecular formula is C19H20BrNO2. The second-order valence-electron chi connectivity index (χ2n) is 6.07. The van der Waals surface area contributed by atoms with Crippen LogP contribution in [0, 0.1) is 6.92 Å². The molecule has 4 heteroatoms. The lowest BCUT2D eigenvalue weighted by Gasteiger charge is -2.32. The molecule has 3 nitrogen and oxygen atoms in total. The quantitative estimate of drug-likeness (QED) is 0.863. The van der Waals surface area contributed by atoms with Gasteiger partial charge in [0.05, 0.1) is 6.04 Å². The summed E-state index contributed by atoms with van der Waals surface area (Å²) in [5.41, 5.74) is 3.45. The molecule has 0 saturated carbocycles. The van der Waals surface area contributed by atoms with E-state index in [1.54, 1.807) is 0 Å². The van der Waals surface area contributed by atoms with Crippen LogP contribution in [0.4, 0.5) is 0 Å². The maximum absolute atomic E-state index is 11.7. The minimum absolute atomic E-state index is 0.0472. The third-order valence-corrected chi connectivity index (χ3v) is 5.19. The van der Waals surface area contributed by atoms with E-state index in [2.05, 4.69) is 52.0 Å². The summed E-state index contributed by atoms with van der Waals surface area (Å²) in [5, 5.41) is 9.60. The van der Waals surface area contributed by atoms with Crippen molar-refractivity contribution in [3.63, 3.8) is 0 Å². The Morgan fingerprint density at radius 1 is 1.26 bits per heavy atom. The summed E-state index contributed by atoms with van der Waals surface area (Å²) in [6, 6.07) is 16.0. The van der Waals surface area contributed by atoms with E-state index in [4.69, 9.17) is 0 Å². The number of halogens is 1. The van der Waals surface area contributed by atoms with E-state index in [-0.39, 0.29) is 6.04 Å². The third kappa shape index (κ3) is 3.33. The number of nitrogens with zero attached hydrogens (tertiary/aromatic N) is 1. The minimum Gasteiger partial charge on any atom is -0.480 e. The van der Waals surface area contributed by atoms with Gasteiger partial charge in [0.15, 0.2) is 0 Å². The molecule has 23 heavy (non-hydrogen) atoms. The summed E-state index contributed by atoms with van der Waals surface area (Å²) in [5.74, 6) is -0.729. The molecule has 2 aromatic carbocycles. The lowest BCUT2D eigenvalue weighted by atomic mass is 9.95. The van der Waals surface area contributed by atoms with Gasteiger partial charge in [-0.2, -0.15) is 0 Å². The number of carbonyl (C=O) groups is 1. The molecular weight excluding hydrogens is 354 g/mol. The first-order valence-electron chi connectivity index (χ1n) is 7.87. The van der Waals surface area contributed by atoms with Gasteiger partial charge in [0.1, 0.15) is 6.04 Å². The fraction of sp³-hybridized carbons (Fsp3) is 0.316. The zero-order valence-electron chi connectivity index (χ0n) is 13.1. The van der Waals surface area contributed by atoms with Crippen molar-refractivity contribution in [2.24, 2.45) is 0 Å². The van der Waals surface area contributed by atoms with E-state index < -0.39 is 12.0 Å². The van der Waals surface area contributed by atoms with Gasteiger partial charge in [-0.05, 0) is 37.0 Å². The highest BCUT2D eigenvalue weighted by Crippen LogP contribution is 2.38. The molecule has 120 valence electrons. The van der Waals surface area contributed by atoms with Crippen LogP contribution in [-0.4, -0.2) is 28.6 Å². The van der Waals surface area contributed by atoms with Crippen LogP contribution >= 0.6 is 15.9 Å². The van der Waals surface area contributed by atoms with E-state index in [1.807, 2.05) is 24.3 Å². The molecule has 2 atom stereocenters. The lowest BCUT2D eigenvalue weighted by molar-refractivity contribution is -0.142. The number of rotatable bonds is 4. The van der Waals surface area contributed by atoms with E-state index >= 15 is 0 Å². The maximum Gasteiger partial charge on any atom is 0.320 e. The van der Waals surface area contributed by atoms with E-state index in [0.29, 0.717) is 6.42 Å². The van der Waals surface area contributed by atoms with Crippen molar-refractivity contribution < 1.29 is 9.90 Å². The molecule has 0 bridgehead atoms. The predicted octanol–water partition coefficient (Wildman–Crippen LogP) is 4.40. The zero-order valence-corrected chi connectivity index (χ0v) is 14.7. The first-order valence-corrected chi connectivity index (χ1v) is 8.67. The number of hydrogen-bond acceptors (Lipinski definition) is 2. The van der Waals surface area contributed by atoms with Crippen molar-refractivity contribution in [3.05, 3.63) is 69.7 Å². The van der Waals surface area contributed by atoms with Crippen molar-refractivity contribution in [1.82, 2.24) is 4.90 Å². The molecule has 0 aromatic heterocycles. The van der Waals surface area contributed by atoms with Gasteiger partial charge in [-0.1, -0.05) is 64.0 Å². The van der Waals surface area contributed by atoms with E-state index in [1.165, 1.54) is 5.56 Å². The number of carboxylic acids is 1. The van der Waals surface area contributed by atoms with Crippen LogP contribution in [0.25, 0.3) is 0 Å². The van der Waals surface area contributed by atoms with Gasteiger partial charge in [0.25, 0.3) is 0 Å². The second-order valence-corrected chi connectivity index (χ2v) is 6.93. The number of hydrogen-bond donors (Lipinski definition) is 1. The summed E-state index contributed by atoms with van der Waals surface area (Å²) < 4.78 is 1.02. The maximum atomic E-state index is 11.7. The molecule has 3 rings (SSSR count). The molecule has 2 aromatic rings. The molecule has 0 aliphatic carbocycles. The van der Waals surface area contributed by atoms with Crippen molar-refractivity contribution in [1.29, 1.82) is 0 Å². The molecule has 0 amide bonds. The van der Waals surface area contributed by atoms with Gasteiger partial charge in [0, 0.05) is 11.0 Å². The molecule has 1 fully saturated rings. The highest BCUT2D eigenvalue weighted by Gasteiger charge is 2.37. The molecule has 1 heterocycles. The highest BCUT2D eigenvalue weighted by molar-refractivity contribution is 9.10. The Bertz CT molecular complexity index is 716. The fourth-order valence-electron chi connectivity index (χ4n) is 3.45. The van der Waals surface area contributed by atoms with Gasteiger partial charge in [-0.25, -0.2) is 0 Å². The van der Waals surface area contributed by atoms with Gasteiger partial charge in [0.2, 0.25) is 0 Å². The predicted molar refractivity (Wildman–Crippen MR) is 94.5 cm³/mol. The normalized spacial score (nSPS) is 19.7. The average Bonchev–Trinajstić information content (AvgIpc) is 2.99. The molecule has 0 spiro atoms. The van der Waals surface area contributed by atoms with Gasteiger partial charge in [-0.15, -0.1) is 0 Å². The van der Waals surface area contributed by atoms with Crippen LogP contribution in [0.1, 0.15) is 35.6 Å². The van der Waals surface area contributed by atoms with Crippen molar-refractivity contribution in [2.75, 3.05) is 6.54 Å². The first-order chi connectivity index (χ1) is 11.1. The van der Waals surface area contributed by atoms with Crippen LogP contribution < -0.4 is 0 Å². The molecule has 1 aliphatic rings. The number of aryl methyl sites for hydroxylation is 1. The summed E-state index contributed by atoms with van der Waals surface area (Å²) in [6.45, 7) is 2.87. The lowest BCUT2D eigenvalue weighted by Crippen LogP contribution is -2.39. The number of aliphatic carboxylic acids is 1. The summed E-state index contributed by atoms with van der Waals surface area (Å²) in [7, 11) is 0. The Labute approximate surface area is 145 Å². The Hall–Kier alpha value is -1.65. The topological polar surface area (TPSA) is 40.5 Å². The van der Waals surface area contributed by atoms with Crippen molar-refractivity contribution >= 4 is 21.9 Å². The zero-order chi connectivity index (χ0) is 16.4. The second kappa shape index (κ2) is 6.85. The smallest absolute Gasteiger partial charge is 0.320 e. The molecule has 2 unspecified atom stereocenters. The number of benzene rings is 2. The van der Waals surface area contributed by atoms with Crippen molar-refractivity contribution in [3.8, 4) is 0 Å². The average molecular weight is 374 g/mol. The summed E-state index contributed by atoms with van der Waals surface area (Å²) in [4.78, 5) is 13.8. The van der Waals surface area contributed by atoms with Gasteiger partial charge < -0.3 is 5.11 Å². The Morgan fingerprint density at radius 2 is 2.04 bits per heavy atom. The number of carboxylic acid groups (broad SMARTS) is 1.